The number of nitriles is 1. The van der Waals surface area contributed by atoms with Crippen LogP contribution in [0.3, 0.4) is 0 Å². The molecule has 92 valence electrons. The van der Waals surface area contributed by atoms with Crippen LogP contribution in [0.15, 0.2) is 35.7 Å². The van der Waals surface area contributed by atoms with Gasteiger partial charge in [0, 0.05) is 23.2 Å². The van der Waals surface area contributed by atoms with E-state index in [1.807, 2.05) is 35.7 Å². The average molecular weight is 257 g/mol. The summed E-state index contributed by atoms with van der Waals surface area (Å²) >= 11 is 1.66. The molecule has 2 aromatic rings. The summed E-state index contributed by atoms with van der Waals surface area (Å²) in [7, 11) is 0. The second-order valence-corrected chi connectivity index (χ2v) is 5.14. The van der Waals surface area contributed by atoms with Gasteiger partial charge in [-0.25, -0.2) is 0 Å². The Morgan fingerprint density at radius 3 is 2.61 bits per heavy atom. The largest absolute Gasteiger partial charge is 0.398 e. The second-order valence-electron chi connectivity index (χ2n) is 4.14. The number of anilines is 1. The number of nitrogens with two attached hydrogens (primary N) is 1. The Balaban J connectivity index is 1.97. The van der Waals surface area contributed by atoms with Crippen LogP contribution in [0.25, 0.3) is 0 Å². The van der Waals surface area contributed by atoms with Crippen LogP contribution in [-0.4, -0.2) is 0 Å². The van der Waals surface area contributed by atoms with E-state index in [2.05, 4.69) is 18.3 Å². The van der Waals surface area contributed by atoms with Gasteiger partial charge in [-0.05, 0) is 36.1 Å². The van der Waals surface area contributed by atoms with E-state index in [0.29, 0.717) is 5.56 Å². The lowest BCUT2D eigenvalue weighted by Gasteiger charge is -2.14. The second kappa shape index (κ2) is 5.67. The lowest BCUT2D eigenvalue weighted by atomic mass is 10.1. The van der Waals surface area contributed by atoms with Crippen molar-refractivity contribution in [3.63, 3.8) is 0 Å². The Bertz CT molecular complexity index is 551. The molecule has 18 heavy (non-hydrogen) atoms. The molecule has 3 N–H and O–H groups in total. The third-order valence-electron chi connectivity index (χ3n) is 2.89. The Morgan fingerprint density at radius 1 is 1.33 bits per heavy atom. The van der Waals surface area contributed by atoms with Crippen molar-refractivity contribution < 1.29 is 0 Å². The monoisotopic (exact) mass is 257 g/mol. The first-order chi connectivity index (χ1) is 8.70. The number of hydrogen-bond donors (Lipinski definition) is 2. The van der Waals surface area contributed by atoms with Crippen LogP contribution < -0.4 is 11.1 Å². The maximum atomic E-state index is 8.75. The lowest BCUT2D eigenvalue weighted by Crippen LogP contribution is -2.17. The topological polar surface area (TPSA) is 61.8 Å². The minimum atomic E-state index is 0.235. The van der Waals surface area contributed by atoms with Crippen molar-refractivity contribution in [1.29, 1.82) is 5.26 Å². The molecule has 1 unspecified atom stereocenters. The van der Waals surface area contributed by atoms with Gasteiger partial charge in [-0.1, -0.05) is 12.1 Å². The van der Waals surface area contributed by atoms with Crippen molar-refractivity contribution in [3.8, 4) is 6.07 Å². The number of nitrogen functional groups attached to an aromatic ring is 1. The summed E-state index contributed by atoms with van der Waals surface area (Å²) in [5, 5.41) is 14.2. The quantitative estimate of drug-likeness (QED) is 0.885. The van der Waals surface area contributed by atoms with E-state index in [0.717, 1.165) is 17.1 Å². The van der Waals surface area contributed by atoms with Crippen LogP contribution in [0.2, 0.25) is 0 Å². The summed E-state index contributed by atoms with van der Waals surface area (Å²) < 4.78 is 0. The summed E-state index contributed by atoms with van der Waals surface area (Å²) in [6.45, 7) is 2.87. The molecule has 0 amide bonds. The number of thiophene rings is 1. The SMILES string of the molecule is CC(NCc1sccc1N)c1ccc(C#N)cc1. The molecular weight excluding hydrogens is 242 g/mol. The molecule has 1 atom stereocenters. The van der Waals surface area contributed by atoms with E-state index in [4.69, 9.17) is 11.0 Å². The molecule has 0 aliphatic carbocycles. The molecule has 0 fully saturated rings. The van der Waals surface area contributed by atoms with Crippen molar-refractivity contribution in [2.75, 3.05) is 5.73 Å². The van der Waals surface area contributed by atoms with Gasteiger partial charge in [0.1, 0.15) is 0 Å². The predicted octanol–water partition coefficient (Wildman–Crippen LogP) is 3.05. The Hall–Kier alpha value is -1.83. The zero-order valence-corrected chi connectivity index (χ0v) is 11.0. The van der Waals surface area contributed by atoms with E-state index < -0.39 is 0 Å². The van der Waals surface area contributed by atoms with Crippen molar-refractivity contribution >= 4 is 17.0 Å². The molecule has 0 aliphatic heterocycles. The molecular formula is C14H15N3S. The predicted molar refractivity (Wildman–Crippen MR) is 75.1 cm³/mol. The highest BCUT2D eigenvalue weighted by Crippen LogP contribution is 2.20. The first-order valence-corrected chi connectivity index (χ1v) is 6.64. The molecule has 0 saturated heterocycles. The molecule has 0 radical (unpaired) electrons. The molecule has 1 heterocycles. The average Bonchev–Trinajstić information content (AvgIpc) is 2.81. The van der Waals surface area contributed by atoms with Gasteiger partial charge < -0.3 is 11.1 Å². The van der Waals surface area contributed by atoms with Crippen LogP contribution >= 0.6 is 11.3 Å². The van der Waals surface area contributed by atoms with Crippen LogP contribution in [0.1, 0.15) is 29.0 Å². The van der Waals surface area contributed by atoms with Crippen molar-refractivity contribution in [2.45, 2.75) is 19.5 Å². The maximum Gasteiger partial charge on any atom is 0.0991 e. The minimum Gasteiger partial charge on any atom is -0.398 e. The number of rotatable bonds is 4. The van der Waals surface area contributed by atoms with Gasteiger partial charge >= 0.3 is 0 Å². The van der Waals surface area contributed by atoms with Crippen molar-refractivity contribution in [2.24, 2.45) is 0 Å². The van der Waals surface area contributed by atoms with E-state index in [-0.39, 0.29) is 6.04 Å². The first kappa shape index (κ1) is 12.6. The summed E-state index contributed by atoms with van der Waals surface area (Å²) in [5.74, 6) is 0. The van der Waals surface area contributed by atoms with Crippen LogP contribution in [-0.2, 0) is 6.54 Å². The molecule has 0 bridgehead atoms. The van der Waals surface area contributed by atoms with Gasteiger partial charge in [0.2, 0.25) is 0 Å². The maximum absolute atomic E-state index is 8.75. The van der Waals surface area contributed by atoms with E-state index in [1.165, 1.54) is 5.56 Å². The van der Waals surface area contributed by atoms with Gasteiger partial charge in [-0.2, -0.15) is 5.26 Å². The normalized spacial score (nSPS) is 12.0. The highest BCUT2D eigenvalue weighted by atomic mass is 32.1. The Morgan fingerprint density at radius 2 is 2.06 bits per heavy atom. The van der Waals surface area contributed by atoms with Crippen molar-refractivity contribution in [1.82, 2.24) is 5.32 Å². The lowest BCUT2D eigenvalue weighted by molar-refractivity contribution is 0.579. The molecule has 4 heteroatoms. The first-order valence-electron chi connectivity index (χ1n) is 5.76. The molecule has 1 aromatic carbocycles. The van der Waals surface area contributed by atoms with Crippen LogP contribution in [0, 0.1) is 11.3 Å². The van der Waals surface area contributed by atoms with Gasteiger partial charge in [-0.15, -0.1) is 11.3 Å². The highest BCUT2D eigenvalue weighted by Gasteiger charge is 2.06. The zero-order valence-electron chi connectivity index (χ0n) is 10.2. The van der Waals surface area contributed by atoms with Crippen LogP contribution in [0.4, 0.5) is 5.69 Å². The van der Waals surface area contributed by atoms with E-state index in [9.17, 15) is 0 Å². The smallest absolute Gasteiger partial charge is 0.0991 e. The molecule has 0 spiro atoms. The third kappa shape index (κ3) is 2.89. The highest BCUT2D eigenvalue weighted by molar-refractivity contribution is 7.10. The molecule has 0 saturated carbocycles. The zero-order chi connectivity index (χ0) is 13.0. The van der Waals surface area contributed by atoms with E-state index in [1.54, 1.807) is 11.3 Å². The van der Waals surface area contributed by atoms with E-state index >= 15 is 0 Å². The van der Waals surface area contributed by atoms with Gasteiger partial charge in [0.05, 0.1) is 11.6 Å². The summed E-state index contributed by atoms with van der Waals surface area (Å²) in [6, 6.07) is 11.9. The Kier molecular flexibility index (Phi) is 3.98. The molecule has 3 nitrogen and oxygen atoms in total. The van der Waals surface area contributed by atoms with Crippen molar-refractivity contribution in [3.05, 3.63) is 51.7 Å². The summed E-state index contributed by atoms with van der Waals surface area (Å²) in [5.41, 5.74) is 8.54. The fraction of sp³-hybridized carbons (Fsp3) is 0.214. The minimum absolute atomic E-state index is 0.235. The molecule has 1 aromatic heterocycles. The summed E-state index contributed by atoms with van der Waals surface area (Å²) in [4.78, 5) is 1.16. The number of nitrogens with one attached hydrogen (secondary N) is 1. The van der Waals surface area contributed by atoms with Gasteiger partial charge in [0.25, 0.3) is 0 Å². The molecule has 0 aliphatic rings. The Labute approximate surface area is 111 Å². The standard InChI is InChI=1S/C14H15N3S/c1-10(12-4-2-11(8-15)3-5-12)17-9-14-13(16)6-7-18-14/h2-7,10,17H,9,16H2,1H3. The number of nitrogens with zero attached hydrogens (tertiary/aromatic N) is 1. The number of hydrogen-bond acceptors (Lipinski definition) is 4. The fourth-order valence-corrected chi connectivity index (χ4v) is 2.45. The summed E-state index contributed by atoms with van der Waals surface area (Å²) in [6.07, 6.45) is 0. The number of benzene rings is 1. The third-order valence-corrected chi connectivity index (χ3v) is 3.83. The van der Waals surface area contributed by atoms with Gasteiger partial charge in [0.15, 0.2) is 0 Å². The fourth-order valence-electron chi connectivity index (χ4n) is 1.70. The van der Waals surface area contributed by atoms with Crippen LogP contribution in [0.5, 0.6) is 0 Å². The molecule has 2 rings (SSSR count). The van der Waals surface area contributed by atoms with Gasteiger partial charge in [-0.3, -0.25) is 0 Å².